The van der Waals surface area contributed by atoms with E-state index in [9.17, 15) is 0 Å². The maximum Gasteiger partial charge on any atom is 0.135 e. The Bertz CT molecular complexity index is 862. The van der Waals surface area contributed by atoms with Crippen molar-refractivity contribution in [1.82, 2.24) is 9.61 Å². The molecule has 0 radical (unpaired) electrons. The summed E-state index contributed by atoms with van der Waals surface area (Å²) in [5, 5.41) is 4.65. The molecule has 0 spiro atoms. The first-order chi connectivity index (χ1) is 11.6. The van der Waals surface area contributed by atoms with E-state index >= 15 is 0 Å². The second kappa shape index (κ2) is 6.31. The Morgan fingerprint density at radius 2 is 1.71 bits per heavy atom. The summed E-state index contributed by atoms with van der Waals surface area (Å²) in [6.07, 6.45) is 0.768. The van der Waals surface area contributed by atoms with Crippen LogP contribution in [0.1, 0.15) is 12.6 Å². The molecule has 2 N–H and O–H groups in total. The standard InChI is InChI=1S/C18H21N3O3/c1-5-12-18(19)14-8-6-7-13(21(14)20-12)17-15(23-3)9-11(22-2)10-16(17)24-4/h6-10H,5,19H2,1-4H3. The summed E-state index contributed by atoms with van der Waals surface area (Å²) < 4.78 is 18.3. The van der Waals surface area contributed by atoms with Crippen LogP contribution >= 0.6 is 0 Å². The van der Waals surface area contributed by atoms with Gasteiger partial charge in [-0.15, -0.1) is 0 Å². The lowest BCUT2D eigenvalue weighted by Gasteiger charge is -2.16. The lowest BCUT2D eigenvalue weighted by molar-refractivity contribution is 0.377. The van der Waals surface area contributed by atoms with Crippen molar-refractivity contribution in [3.63, 3.8) is 0 Å². The van der Waals surface area contributed by atoms with Crippen LogP contribution in [0.5, 0.6) is 17.2 Å². The van der Waals surface area contributed by atoms with Gasteiger partial charge in [-0.2, -0.15) is 5.10 Å². The van der Waals surface area contributed by atoms with Crippen LogP contribution in [0.25, 0.3) is 16.8 Å². The second-order valence-electron chi connectivity index (χ2n) is 5.33. The molecule has 0 unspecified atom stereocenters. The fraction of sp³-hybridized carbons (Fsp3) is 0.278. The average Bonchev–Trinajstić information content (AvgIpc) is 2.96. The predicted molar refractivity (Wildman–Crippen MR) is 94.1 cm³/mol. The van der Waals surface area contributed by atoms with E-state index in [4.69, 9.17) is 19.9 Å². The summed E-state index contributed by atoms with van der Waals surface area (Å²) in [6.45, 7) is 2.03. The molecule has 0 saturated heterocycles. The monoisotopic (exact) mass is 327 g/mol. The van der Waals surface area contributed by atoms with Crippen LogP contribution in [0, 0.1) is 0 Å². The van der Waals surface area contributed by atoms with Crippen molar-refractivity contribution in [1.29, 1.82) is 0 Å². The van der Waals surface area contributed by atoms with Crippen LogP contribution in [-0.4, -0.2) is 30.9 Å². The molecule has 1 aromatic carbocycles. The Kier molecular flexibility index (Phi) is 4.20. The number of aryl methyl sites for hydroxylation is 1. The van der Waals surface area contributed by atoms with Crippen LogP contribution in [0.4, 0.5) is 5.69 Å². The topological polar surface area (TPSA) is 71.0 Å². The second-order valence-corrected chi connectivity index (χ2v) is 5.33. The number of methoxy groups -OCH3 is 3. The van der Waals surface area contributed by atoms with Crippen molar-refractivity contribution in [2.45, 2.75) is 13.3 Å². The Labute approximate surface area is 140 Å². The van der Waals surface area contributed by atoms with E-state index in [1.807, 2.05) is 41.8 Å². The maximum atomic E-state index is 6.22. The number of rotatable bonds is 5. The highest BCUT2D eigenvalue weighted by atomic mass is 16.5. The van der Waals surface area contributed by atoms with Gasteiger partial charge in [0, 0.05) is 12.1 Å². The third kappa shape index (κ3) is 2.40. The molecule has 0 aliphatic rings. The summed E-state index contributed by atoms with van der Waals surface area (Å²) in [6, 6.07) is 9.51. The first-order valence-electron chi connectivity index (χ1n) is 7.71. The van der Waals surface area contributed by atoms with Gasteiger partial charge in [-0.25, -0.2) is 4.52 Å². The molecule has 0 fully saturated rings. The number of ether oxygens (including phenoxy) is 3. The van der Waals surface area contributed by atoms with Gasteiger partial charge in [-0.1, -0.05) is 13.0 Å². The average molecular weight is 327 g/mol. The summed E-state index contributed by atoms with van der Waals surface area (Å²) in [4.78, 5) is 0. The number of aromatic nitrogens is 2. The molecule has 0 amide bonds. The molecule has 0 saturated carbocycles. The normalized spacial score (nSPS) is 10.8. The molecule has 6 heteroatoms. The minimum Gasteiger partial charge on any atom is -0.496 e. The zero-order valence-corrected chi connectivity index (χ0v) is 14.3. The predicted octanol–water partition coefficient (Wildman–Crippen LogP) is 3.17. The molecule has 0 aliphatic heterocycles. The summed E-state index contributed by atoms with van der Waals surface area (Å²) in [7, 11) is 4.84. The highest BCUT2D eigenvalue weighted by Crippen LogP contribution is 2.42. The van der Waals surface area contributed by atoms with Gasteiger partial charge in [0.05, 0.1) is 49.5 Å². The van der Waals surface area contributed by atoms with Gasteiger partial charge in [-0.3, -0.25) is 0 Å². The van der Waals surface area contributed by atoms with Crippen molar-refractivity contribution >= 4 is 11.2 Å². The molecule has 0 atom stereocenters. The minimum atomic E-state index is 0.644. The maximum absolute atomic E-state index is 6.22. The number of fused-ring (bicyclic) bond motifs is 1. The molecular weight excluding hydrogens is 306 g/mol. The van der Waals surface area contributed by atoms with E-state index < -0.39 is 0 Å². The molecule has 0 bridgehead atoms. The van der Waals surface area contributed by atoms with Gasteiger partial charge in [0.25, 0.3) is 0 Å². The van der Waals surface area contributed by atoms with E-state index in [1.54, 1.807) is 21.3 Å². The van der Waals surface area contributed by atoms with E-state index in [2.05, 4.69) is 5.10 Å². The number of hydrogen-bond donors (Lipinski definition) is 1. The van der Waals surface area contributed by atoms with Crippen molar-refractivity contribution in [2.24, 2.45) is 0 Å². The van der Waals surface area contributed by atoms with Gasteiger partial charge in [-0.05, 0) is 18.6 Å². The van der Waals surface area contributed by atoms with Crippen molar-refractivity contribution < 1.29 is 14.2 Å². The van der Waals surface area contributed by atoms with Gasteiger partial charge >= 0.3 is 0 Å². The summed E-state index contributed by atoms with van der Waals surface area (Å²) >= 11 is 0. The van der Waals surface area contributed by atoms with Crippen molar-refractivity contribution in [3.8, 4) is 28.5 Å². The number of benzene rings is 1. The van der Waals surface area contributed by atoms with Crippen LogP contribution in [0.3, 0.4) is 0 Å². The molecule has 3 aromatic rings. The number of hydrogen-bond acceptors (Lipinski definition) is 5. The Balaban J connectivity index is 2.35. The lowest BCUT2D eigenvalue weighted by Crippen LogP contribution is -2.00. The Hall–Kier alpha value is -2.89. The third-order valence-electron chi connectivity index (χ3n) is 4.08. The number of nitrogen functional groups attached to an aromatic ring is 1. The van der Waals surface area contributed by atoms with E-state index in [1.165, 1.54) is 0 Å². The molecule has 6 nitrogen and oxygen atoms in total. The number of nitrogens with zero attached hydrogens (tertiary/aromatic N) is 2. The highest BCUT2D eigenvalue weighted by Gasteiger charge is 2.19. The number of anilines is 1. The molecule has 3 rings (SSSR count). The molecule has 2 aromatic heterocycles. The minimum absolute atomic E-state index is 0.644. The largest absolute Gasteiger partial charge is 0.496 e. The molecule has 2 heterocycles. The fourth-order valence-corrected chi connectivity index (χ4v) is 2.84. The van der Waals surface area contributed by atoms with Gasteiger partial charge in [0.15, 0.2) is 0 Å². The number of nitrogens with two attached hydrogens (primary N) is 1. The van der Waals surface area contributed by atoms with Gasteiger partial charge < -0.3 is 19.9 Å². The Morgan fingerprint density at radius 1 is 1.04 bits per heavy atom. The van der Waals surface area contributed by atoms with Crippen LogP contribution in [0.2, 0.25) is 0 Å². The zero-order chi connectivity index (χ0) is 17.3. The van der Waals surface area contributed by atoms with E-state index in [0.29, 0.717) is 22.9 Å². The Morgan fingerprint density at radius 3 is 2.25 bits per heavy atom. The zero-order valence-electron chi connectivity index (χ0n) is 14.3. The highest BCUT2D eigenvalue weighted by molar-refractivity contribution is 5.81. The lowest BCUT2D eigenvalue weighted by atomic mass is 10.1. The fourth-order valence-electron chi connectivity index (χ4n) is 2.84. The van der Waals surface area contributed by atoms with E-state index in [-0.39, 0.29) is 0 Å². The summed E-state index contributed by atoms with van der Waals surface area (Å²) in [5.74, 6) is 1.95. The van der Waals surface area contributed by atoms with Crippen LogP contribution < -0.4 is 19.9 Å². The van der Waals surface area contributed by atoms with Gasteiger partial charge in [0.1, 0.15) is 17.2 Å². The van der Waals surface area contributed by atoms with E-state index in [0.717, 1.165) is 28.9 Å². The quantitative estimate of drug-likeness (QED) is 0.779. The molecular formula is C18H21N3O3. The van der Waals surface area contributed by atoms with Crippen LogP contribution in [-0.2, 0) is 6.42 Å². The van der Waals surface area contributed by atoms with Crippen molar-refractivity contribution in [3.05, 3.63) is 36.0 Å². The first-order valence-corrected chi connectivity index (χ1v) is 7.71. The summed E-state index contributed by atoms with van der Waals surface area (Å²) in [5.41, 5.74) is 10.3. The SMILES string of the molecule is CCc1nn2c(-c3c(OC)cc(OC)cc3OC)cccc2c1N. The smallest absolute Gasteiger partial charge is 0.135 e. The third-order valence-corrected chi connectivity index (χ3v) is 4.08. The first kappa shape index (κ1) is 16.0. The molecule has 0 aliphatic carbocycles. The van der Waals surface area contributed by atoms with Crippen LogP contribution in [0.15, 0.2) is 30.3 Å². The van der Waals surface area contributed by atoms with Crippen molar-refractivity contribution in [2.75, 3.05) is 27.1 Å². The molecule has 24 heavy (non-hydrogen) atoms. The van der Waals surface area contributed by atoms with Gasteiger partial charge in [0.2, 0.25) is 0 Å². The number of pyridine rings is 1. The molecule has 126 valence electrons.